The summed E-state index contributed by atoms with van der Waals surface area (Å²) < 4.78 is 17.2. The van der Waals surface area contributed by atoms with Crippen molar-refractivity contribution in [1.29, 1.82) is 0 Å². The molecule has 1 aliphatic rings. The summed E-state index contributed by atoms with van der Waals surface area (Å²) in [6.07, 6.45) is 1.28. The Kier molecular flexibility index (Phi) is 8.20. The van der Waals surface area contributed by atoms with E-state index in [4.69, 9.17) is 13.6 Å². The molecular formula is C29H34N6O6. The predicted octanol–water partition coefficient (Wildman–Crippen LogP) is 3.11. The number of hydrogen-bond acceptors (Lipinski definition) is 11. The molecule has 3 heterocycles. The summed E-state index contributed by atoms with van der Waals surface area (Å²) in [5.74, 6) is -0.533. The van der Waals surface area contributed by atoms with E-state index in [1.54, 1.807) is 25.3 Å². The average Bonchev–Trinajstić information content (AvgIpc) is 3.67. The first-order valence-electron chi connectivity index (χ1n) is 13.4. The quantitative estimate of drug-likeness (QED) is 0.181. The molecule has 0 atom stereocenters. The third kappa shape index (κ3) is 6.16. The Bertz CT molecular complexity index is 1570. The Morgan fingerprint density at radius 3 is 2.44 bits per heavy atom. The van der Waals surface area contributed by atoms with Gasteiger partial charge in [-0.1, -0.05) is 55.5 Å². The van der Waals surface area contributed by atoms with E-state index in [2.05, 4.69) is 39.0 Å². The van der Waals surface area contributed by atoms with E-state index in [0.29, 0.717) is 18.8 Å². The highest BCUT2D eigenvalue weighted by molar-refractivity contribution is 5.89. The highest BCUT2D eigenvalue weighted by Crippen LogP contribution is 2.30. The number of nitrogens with zero attached hydrogens (tertiary/aromatic N) is 2. The molecule has 0 bridgehead atoms. The molecule has 0 amide bonds. The summed E-state index contributed by atoms with van der Waals surface area (Å²) in [5.41, 5.74) is 15.0. The molecule has 1 fully saturated rings. The molecular weight excluding hydrogens is 528 g/mol. The third-order valence-electron chi connectivity index (χ3n) is 6.84. The molecule has 0 spiro atoms. The summed E-state index contributed by atoms with van der Waals surface area (Å²) in [6.45, 7) is 6.78. The highest BCUT2D eigenvalue weighted by atomic mass is 16.6. The number of hydrogen-bond donors (Lipinski definition) is 5. The van der Waals surface area contributed by atoms with Crippen molar-refractivity contribution >= 4 is 5.97 Å². The van der Waals surface area contributed by atoms with Crippen molar-refractivity contribution in [3.63, 3.8) is 0 Å². The Hall–Kier alpha value is -4.07. The Labute approximate surface area is 236 Å². The zero-order valence-electron chi connectivity index (χ0n) is 23.4. The molecule has 216 valence electrons. The maximum atomic E-state index is 13.5. The second kappa shape index (κ2) is 11.8. The molecule has 5 N–H and O–H groups in total. The van der Waals surface area contributed by atoms with Crippen molar-refractivity contribution in [2.75, 3.05) is 0 Å². The number of imidazole rings is 1. The number of nitrogens with one attached hydrogen (secondary N) is 4. The van der Waals surface area contributed by atoms with Crippen LogP contribution in [0.2, 0.25) is 0 Å². The molecule has 2 aromatic carbocycles. The van der Waals surface area contributed by atoms with Crippen molar-refractivity contribution in [2.24, 2.45) is 0 Å². The van der Waals surface area contributed by atoms with Gasteiger partial charge in [-0.05, 0) is 49.4 Å². The summed E-state index contributed by atoms with van der Waals surface area (Å²) in [6, 6.07) is 16.2. The smallest absolute Gasteiger partial charge is 0.453 e. The minimum atomic E-state index is -1.40. The van der Waals surface area contributed by atoms with Crippen molar-refractivity contribution in [1.82, 2.24) is 31.5 Å². The lowest BCUT2D eigenvalue weighted by Crippen LogP contribution is -2.33. The molecule has 12 nitrogen and oxygen atoms in total. The van der Waals surface area contributed by atoms with E-state index in [1.807, 2.05) is 43.3 Å². The third-order valence-corrected chi connectivity index (χ3v) is 6.84. The van der Waals surface area contributed by atoms with Crippen LogP contribution in [0.15, 0.2) is 62.2 Å². The van der Waals surface area contributed by atoms with Crippen LogP contribution in [0.4, 0.5) is 0 Å². The number of aryl methyl sites for hydroxylation is 2. The minimum Gasteiger partial charge on any atom is -0.453 e. The molecule has 2 aromatic heterocycles. The lowest BCUT2D eigenvalue weighted by molar-refractivity contribution is 0.0395. The van der Waals surface area contributed by atoms with Crippen LogP contribution in [0, 0.1) is 6.92 Å². The van der Waals surface area contributed by atoms with Crippen molar-refractivity contribution < 1.29 is 23.5 Å². The van der Waals surface area contributed by atoms with Crippen LogP contribution in [0.5, 0.6) is 0 Å². The molecule has 41 heavy (non-hydrogen) atoms. The molecule has 1 saturated heterocycles. The molecule has 5 rings (SSSR count). The number of rotatable bonds is 10. The lowest BCUT2D eigenvalue weighted by Gasteiger charge is -2.18. The average molecular weight is 563 g/mol. The molecule has 12 heteroatoms. The molecule has 0 saturated carbocycles. The van der Waals surface area contributed by atoms with Crippen LogP contribution in [0.25, 0.3) is 11.1 Å². The van der Waals surface area contributed by atoms with Gasteiger partial charge in [-0.25, -0.2) is 25.4 Å². The highest BCUT2D eigenvalue weighted by Gasteiger charge is 2.33. The molecule has 0 aliphatic carbocycles. The van der Waals surface area contributed by atoms with Gasteiger partial charge < -0.3 is 23.2 Å². The second-order valence-electron chi connectivity index (χ2n) is 10.4. The minimum absolute atomic E-state index is 0.110. The van der Waals surface area contributed by atoms with Gasteiger partial charge in [0, 0.05) is 13.0 Å². The number of carbonyl (C=O) groups is 1. The molecule has 0 unspecified atom stereocenters. The Balaban J connectivity index is 1.46. The van der Waals surface area contributed by atoms with Gasteiger partial charge in [-0.15, -0.1) is 0 Å². The van der Waals surface area contributed by atoms with Gasteiger partial charge in [-0.3, -0.25) is 0 Å². The Morgan fingerprint density at radius 1 is 1.10 bits per heavy atom. The first-order chi connectivity index (χ1) is 19.7. The standard InChI is InChI=1S/C29H34N6O6/c1-5-8-23-30-25(29(3,4)38)24(27(36)39-16-22-17(2)40-28(37)41-22)35(23)15-18-11-13-19(14-12-18)20-9-6-7-10-21(20)26-31-33-34-32-26/h6-7,9-14,26,31-34,38H,5,8,15-16H2,1-4H3. The van der Waals surface area contributed by atoms with Crippen LogP contribution in [-0.2, 0) is 29.9 Å². The van der Waals surface area contributed by atoms with E-state index >= 15 is 0 Å². The van der Waals surface area contributed by atoms with Crippen LogP contribution in [-0.4, -0.2) is 20.6 Å². The Morgan fingerprint density at radius 2 is 1.80 bits per heavy atom. The monoisotopic (exact) mass is 562 g/mol. The number of esters is 1. The number of carbonyl (C=O) groups excluding carboxylic acids is 1. The fourth-order valence-corrected chi connectivity index (χ4v) is 4.82. The summed E-state index contributed by atoms with van der Waals surface area (Å²) in [7, 11) is 0. The van der Waals surface area contributed by atoms with E-state index in [9.17, 15) is 14.7 Å². The maximum absolute atomic E-state index is 13.5. The predicted molar refractivity (Wildman–Crippen MR) is 149 cm³/mol. The lowest BCUT2D eigenvalue weighted by atomic mass is 9.97. The largest absolute Gasteiger partial charge is 0.519 e. The first-order valence-corrected chi connectivity index (χ1v) is 13.4. The number of benzene rings is 2. The summed E-state index contributed by atoms with van der Waals surface area (Å²) in [5, 5.41) is 10.9. The van der Waals surface area contributed by atoms with Crippen LogP contribution >= 0.6 is 0 Å². The molecule has 4 aromatic rings. The van der Waals surface area contributed by atoms with Gasteiger partial charge in [0.2, 0.25) is 0 Å². The van der Waals surface area contributed by atoms with Crippen LogP contribution in [0.3, 0.4) is 0 Å². The fraction of sp³-hybridized carbons (Fsp3) is 0.345. The van der Waals surface area contributed by atoms with Crippen molar-refractivity contribution in [3.8, 4) is 11.1 Å². The van der Waals surface area contributed by atoms with Gasteiger partial charge in [-0.2, -0.15) is 11.1 Å². The topological polar surface area (TPSA) is 156 Å². The summed E-state index contributed by atoms with van der Waals surface area (Å²) >= 11 is 0. The SMILES string of the molecule is CCCc1nc(C(C)(C)O)c(C(=O)OCc2oc(=O)oc2C)n1Cc1ccc(-c2ccccc2C2NNNN2)cc1. The molecule has 0 radical (unpaired) electrons. The van der Waals surface area contributed by atoms with E-state index < -0.39 is 17.4 Å². The fourth-order valence-electron chi connectivity index (χ4n) is 4.82. The zero-order valence-corrected chi connectivity index (χ0v) is 23.4. The number of aliphatic hydroxyl groups is 1. The molecule has 1 aliphatic heterocycles. The first kappa shape index (κ1) is 28.5. The zero-order chi connectivity index (χ0) is 29.1. The van der Waals surface area contributed by atoms with E-state index in [-0.39, 0.29) is 35.7 Å². The van der Waals surface area contributed by atoms with Gasteiger partial charge in [0.25, 0.3) is 0 Å². The van der Waals surface area contributed by atoms with E-state index in [1.165, 1.54) is 0 Å². The van der Waals surface area contributed by atoms with Gasteiger partial charge in [0.05, 0.1) is 0 Å². The van der Waals surface area contributed by atoms with Gasteiger partial charge in [0.1, 0.15) is 23.3 Å². The van der Waals surface area contributed by atoms with E-state index in [0.717, 1.165) is 28.7 Å². The van der Waals surface area contributed by atoms with Crippen LogP contribution < -0.4 is 27.7 Å². The second-order valence-corrected chi connectivity index (χ2v) is 10.4. The van der Waals surface area contributed by atoms with Crippen LogP contribution in [0.1, 0.15) is 78.0 Å². The normalized spacial score (nSPS) is 14.1. The van der Waals surface area contributed by atoms with Crippen molar-refractivity contribution in [3.05, 3.63) is 99.0 Å². The number of ether oxygens (including phenoxy) is 1. The van der Waals surface area contributed by atoms with Crippen molar-refractivity contribution in [2.45, 2.75) is 65.5 Å². The number of hydrazine groups is 3. The summed E-state index contributed by atoms with van der Waals surface area (Å²) in [4.78, 5) is 29.6. The number of aromatic nitrogens is 2. The van der Waals surface area contributed by atoms with Gasteiger partial charge >= 0.3 is 11.8 Å². The maximum Gasteiger partial charge on any atom is 0.519 e. The van der Waals surface area contributed by atoms with Gasteiger partial charge in [0.15, 0.2) is 23.8 Å².